The largest absolute Gasteiger partial charge is 0.469 e. The van der Waals surface area contributed by atoms with Gasteiger partial charge < -0.3 is 14.5 Å². The van der Waals surface area contributed by atoms with E-state index in [2.05, 4.69) is 23.2 Å². The Bertz CT molecular complexity index is 354. The van der Waals surface area contributed by atoms with Gasteiger partial charge in [-0.2, -0.15) is 0 Å². The lowest BCUT2D eigenvalue weighted by molar-refractivity contribution is -0.109. The summed E-state index contributed by atoms with van der Waals surface area (Å²) >= 11 is 0. The molecule has 0 amide bonds. The molecule has 4 heteroatoms. The van der Waals surface area contributed by atoms with Gasteiger partial charge in [0.15, 0.2) is 0 Å². The Morgan fingerprint density at radius 2 is 2.12 bits per heavy atom. The number of hydrogen-bond donors (Lipinski definition) is 1. The summed E-state index contributed by atoms with van der Waals surface area (Å²) in [4.78, 5) is 2.54. The van der Waals surface area contributed by atoms with Crippen molar-refractivity contribution in [3.8, 4) is 0 Å². The molecule has 0 spiro atoms. The molecule has 0 bridgehead atoms. The van der Waals surface area contributed by atoms with Gasteiger partial charge in [0.2, 0.25) is 0 Å². The summed E-state index contributed by atoms with van der Waals surface area (Å²) in [7, 11) is 0. The van der Waals surface area contributed by atoms with E-state index < -0.39 is 0 Å². The monoisotopic (exact) mass is 236 g/mol. The van der Waals surface area contributed by atoms with Crippen LogP contribution in [0.3, 0.4) is 0 Å². The van der Waals surface area contributed by atoms with Crippen LogP contribution in [0, 0.1) is 0 Å². The van der Waals surface area contributed by atoms with Crippen molar-refractivity contribution in [3.05, 3.63) is 24.2 Å². The predicted molar refractivity (Wildman–Crippen MR) is 65.1 cm³/mol. The summed E-state index contributed by atoms with van der Waals surface area (Å²) in [6.07, 6.45) is 1.76. The zero-order valence-electron chi connectivity index (χ0n) is 10.3. The van der Waals surface area contributed by atoms with Gasteiger partial charge in [0, 0.05) is 32.2 Å². The molecule has 1 N–H and O–H groups in total. The van der Waals surface area contributed by atoms with Crippen molar-refractivity contribution < 1.29 is 9.15 Å². The molecule has 0 aliphatic carbocycles. The van der Waals surface area contributed by atoms with Gasteiger partial charge in [-0.1, -0.05) is 0 Å². The molecule has 1 atom stereocenters. The third-order valence-corrected chi connectivity index (χ3v) is 4.23. The van der Waals surface area contributed by atoms with Crippen molar-refractivity contribution in [1.82, 2.24) is 10.2 Å². The normalized spacial score (nSPS) is 26.4. The van der Waals surface area contributed by atoms with E-state index in [1.54, 1.807) is 6.26 Å². The fraction of sp³-hybridized carbons (Fsp3) is 0.692. The Hall–Kier alpha value is -0.840. The molecular weight excluding hydrogens is 216 g/mol. The topological polar surface area (TPSA) is 37.6 Å². The van der Waals surface area contributed by atoms with E-state index in [9.17, 15) is 0 Å². The van der Waals surface area contributed by atoms with E-state index >= 15 is 0 Å². The molecule has 2 aliphatic heterocycles. The number of ether oxygens (including phenoxy) is 1. The van der Waals surface area contributed by atoms with E-state index in [0.717, 1.165) is 45.2 Å². The first kappa shape index (κ1) is 11.3. The molecule has 4 nitrogen and oxygen atoms in total. The quantitative estimate of drug-likeness (QED) is 0.844. The molecule has 3 heterocycles. The Morgan fingerprint density at radius 1 is 1.35 bits per heavy atom. The van der Waals surface area contributed by atoms with Crippen LogP contribution in [-0.4, -0.2) is 50.3 Å². The minimum absolute atomic E-state index is 0.0703. The molecule has 94 valence electrons. The van der Waals surface area contributed by atoms with E-state index in [4.69, 9.17) is 9.15 Å². The highest BCUT2D eigenvalue weighted by atomic mass is 16.5. The molecule has 2 aliphatic rings. The van der Waals surface area contributed by atoms with Crippen molar-refractivity contribution in [1.29, 1.82) is 0 Å². The number of nitrogens with one attached hydrogen (secondary N) is 1. The Labute approximate surface area is 102 Å². The lowest BCUT2D eigenvalue weighted by Crippen LogP contribution is -2.62. The van der Waals surface area contributed by atoms with Gasteiger partial charge >= 0.3 is 0 Å². The molecule has 0 aromatic carbocycles. The van der Waals surface area contributed by atoms with Crippen molar-refractivity contribution in [2.24, 2.45) is 0 Å². The molecule has 2 saturated heterocycles. The van der Waals surface area contributed by atoms with Crippen LogP contribution in [0.1, 0.15) is 12.7 Å². The molecule has 3 rings (SSSR count). The molecule has 1 aromatic rings. The zero-order chi connectivity index (χ0) is 11.7. The first-order chi connectivity index (χ1) is 8.33. The van der Waals surface area contributed by atoms with Crippen LogP contribution >= 0.6 is 0 Å². The minimum Gasteiger partial charge on any atom is -0.469 e. The average Bonchev–Trinajstić information content (AvgIpc) is 2.83. The van der Waals surface area contributed by atoms with Crippen LogP contribution in [-0.2, 0) is 10.2 Å². The van der Waals surface area contributed by atoms with Crippen molar-refractivity contribution in [2.45, 2.75) is 18.4 Å². The highest BCUT2D eigenvalue weighted by molar-refractivity contribution is 5.21. The fourth-order valence-corrected chi connectivity index (χ4v) is 2.89. The molecular formula is C13H20N2O2. The third-order valence-electron chi connectivity index (χ3n) is 4.23. The molecule has 1 aromatic heterocycles. The Morgan fingerprint density at radius 3 is 2.65 bits per heavy atom. The number of rotatable bonds is 3. The summed E-state index contributed by atoms with van der Waals surface area (Å²) in [5.74, 6) is 1.08. The predicted octanol–water partition coefficient (Wildman–Crippen LogP) is 0.841. The summed E-state index contributed by atoms with van der Waals surface area (Å²) in [6.45, 7) is 8.26. The smallest absolute Gasteiger partial charge is 0.116 e. The minimum atomic E-state index is 0.0703. The fourth-order valence-electron chi connectivity index (χ4n) is 2.89. The second kappa shape index (κ2) is 4.44. The van der Waals surface area contributed by atoms with Gasteiger partial charge in [-0.3, -0.25) is 4.90 Å². The maximum Gasteiger partial charge on any atom is 0.116 e. The lowest BCUT2D eigenvalue weighted by atomic mass is 9.76. The van der Waals surface area contributed by atoms with Crippen LogP contribution in [0.5, 0.6) is 0 Å². The van der Waals surface area contributed by atoms with Crippen molar-refractivity contribution in [2.75, 3.05) is 39.4 Å². The van der Waals surface area contributed by atoms with Crippen LogP contribution in [0.2, 0.25) is 0 Å². The van der Waals surface area contributed by atoms with Gasteiger partial charge in [-0.15, -0.1) is 0 Å². The molecule has 0 radical (unpaired) electrons. The zero-order valence-corrected chi connectivity index (χ0v) is 10.3. The summed E-state index contributed by atoms with van der Waals surface area (Å²) < 4.78 is 11.1. The van der Waals surface area contributed by atoms with Crippen molar-refractivity contribution in [3.63, 3.8) is 0 Å². The van der Waals surface area contributed by atoms with E-state index in [-0.39, 0.29) is 5.41 Å². The van der Waals surface area contributed by atoms with Crippen molar-refractivity contribution >= 4 is 0 Å². The summed E-state index contributed by atoms with van der Waals surface area (Å²) in [5.41, 5.74) is 0.0703. The second-order valence-electron chi connectivity index (χ2n) is 5.09. The standard InChI is InChI=1S/C13H20N2O2/c1-11(15-6-4-14-5-7-15)13(9-16-10-13)12-3-2-8-17-12/h2-3,8,11,14H,4-7,9-10H2,1H3. The SMILES string of the molecule is CC(N1CCNCC1)C1(c2ccco2)COC1. The summed E-state index contributed by atoms with van der Waals surface area (Å²) in [6, 6.07) is 4.53. The molecule has 2 fully saturated rings. The van der Waals surface area contributed by atoms with Gasteiger partial charge in [-0.05, 0) is 19.1 Å². The number of furan rings is 1. The van der Waals surface area contributed by atoms with Gasteiger partial charge in [0.05, 0.1) is 24.9 Å². The Kier molecular flexibility index (Phi) is 2.94. The van der Waals surface area contributed by atoms with E-state index in [1.807, 2.05) is 6.07 Å². The average molecular weight is 236 g/mol. The van der Waals surface area contributed by atoms with Gasteiger partial charge in [0.1, 0.15) is 5.76 Å². The number of nitrogens with zero attached hydrogens (tertiary/aromatic N) is 1. The van der Waals surface area contributed by atoms with E-state index in [0.29, 0.717) is 6.04 Å². The van der Waals surface area contributed by atoms with Crippen LogP contribution < -0.4 is 5.32 Å². The second-order valence-corrected chi connectivity index (χ2v) is 5.09. The maximum absolute atomic E-state index is 5.63. The number of hydrogen-bond acceptors (Lipinski definition) is 4. The molecule has 0 saturated carbocycles. The van der Waals surface area contributed by atoms with Crippen LogP contribution in [0.4, 0.5) is 0 Å². The van der Waals surface area contributed by atoms with Gasteiger partial charge in [-0.25, -0.2) is 0 Å². The van der Waals surface area contributed by atoms with Crippen LogP contribution in [0.15, 0.2) is 22.8 Å². The molecule has 1 unspecified atom stereocenters. The van der Waals surface area contributed by atoms with Gasteiger partial charge in [0.25, 0.3) is 0 Å². The highest BCUT2D eigenvalue weighted by Crippen LogP contribution is 2.38. The number of piperazine rings is 1. The van der Waals surface area contributed by atoms with E-state index in [1.165, 1.54) is 0 Å². The highest BCUT2D eigenvalue weighted by Gasteiger charge is 2.49. The third kappa shape index (κ3) is 1.80. The van der Waals surface area contributed by atoms with Crippen LogP contribution in [0.25, 0.3) is 0 Å². The first-order valence-electron chi connectivity index (χ1n) is 6.39. The summed E-state index contributed by atoms with van der Waals surface area (Å²) in [5, 5.41) is 3.40. The maximum atomic E-state index is 5.63. The lowest BCUT2D eigenvalue weighted by Gasteiger charge is -2.49. The first-order valence-corrected chi connectivity index (χ1v) is 6.39. The molecule has 17 heavy (non-hydrogen) atoms. The Balaban J connectivity index is 1.80.